The van der Waals surface area contributed by atoms with Gasteiger partial charge in [0.25, 0.3) is 0 Å². The highest BCUT2D eigenvalue weighted by Gasteiger charge is 2.23. The maximum absolute atomic E-state index is 10.4. The molecule has 0 aromatic rings. The van der Waals surface area contributed by atoms with E-state index < -0.39 is 12.0 Å². The molecule has 4 nitrogen and oxygen atoms in total. The fourth-order valence-electron chi connectivity index (χ4n) is 0.945. The van der Waals surface area contributed by atoms with Crippen molar-refractivity contribution < 1.29 is 14.6 Å². The van der Waals surface area contributed by atoms with E-state index >= 15 is 0 Å². The zero-order valence-corrected chi connectivity index (χ0v) is 7.06. The minimum atomic E-state index is -0.841. The van der Waals surface area contributed by atoms with Gasteiger partial charge in [0.2, 0.25) is 0 Å². The van der Waals surface area contributed by atoms with Crippen LogP contribution in [0.25, 0.3) is 0 Å². The Balaban J connectivity index is 0.000001000. The van der Waals surface area contributed by atoms with E-state index in [9.17, 15) is 4.79 Å². The van der Waals surface area contributed by atoms with Crippen LogP contribution in [-0.2, 0) is 9.53 Å². The molecule has 0 saturated carbocycles. The average Bonchev–Trinajstić information content (AvgIpc) is 1.88. The third-order valence-electron chi connectivity index (χ3n) is 1.44. The van der Waals surface area contributed by atoms with Gasteiger partial charge in [0.05, 0.1) is 13.2 Å². The number of hydrogen-bond acceptors (Lipinski definition) is 3. The molecule has 0 aliphatic carbocycles. The van der Waals surface area contributed by atoms with Crippen LogP contribution < -0.4 is 5.32 Å². The second kappa shape index (κ2) is 4.54. The summed E-state index contributed by atoms with van der Waals surface area (Å²) in [5.74, 6) is -0.841. The monoisotopic (exact) mass is 181 g/mol. The van der Waals surface area contributed by atoms with Crippen molar-refractivity contribution in [2.24, 2.45) is 0 Å². The quantitative estimate of drug-likeness (QED) is 0.592. The smallest absolute Gasteiger partial charge is 0.323 e. The van der Waals surface area contributed by atoms with E-state index in [1.165, 1.54) is 0 Å². The Kier molecular flexibility index (Phi) is 4.40. The second-order valence-electron chi connectivity index (χ2n) is 2.50. The number of ether oxygens (including phenoxy) is 1. The van der Waals surface area contributed by atoms with E-state index in [1.54, 1.807) is 0 Å². The summed E-state index contributed by atoms with van der Waals surface area (Å²) in [4.78, 5) is 10.4. The predicted molar refractivity (Wildman–Crippen MR) is 42.1 cm³/mol. The van der Waals surface area contributed by atoms with Gasteiger partial charge in [-0.25, -0.2) is 0 Å². The van der Waals surface area contributed by atoms with Crippen LogP contribution in [0.4, 0.5) is 0 Å². The molecule has 0 unspecified atom stereocenters. The molecule has 1 aliphatic rings. The molecule has 0 spiro atoms. The largest absolute Gasteiger partial charge is 0.480 e. The summed E-state index contributed by atoms with van der Waals surface area (Å²) < 4.78 is 5.01. The Labute approximate surface area is 71.3 Å². The summed E-state index contributed by atoms with van der Waals surface area (Å²) in [7, 11) is 0. The first-order valence-corrected chi connectivity index (χ1v) is 3.26. The van der Waals surface area contributed by atoms with Crippen LogP contribution >= 0.6 is 12.4 Å². The van der Waals surface area contributed by atoms with Crippen LogP contribution in [0.3, 0.4) is 0 Å². The van der Waals surface area contributed by atoms with E-state index in [1.807, 2.05) is 6.92 Å². The van der Waals surface area contributed by atoms with Gasteiger partial charge in [-0.2, -0.15) is 0 Å². The summed E-state index contributed by atoms with van der Waals surface area (Å²) in [6, 6.07) is -0.376. The molecule has 0 aromatic carbocycles. The highest BCUT2D eigenvalue weighted by atomic mass is 35.5. The van der Waals surface area contributed by atoms with Gasteiger partial charge in [-0.1, -0.05) is 0 Å². The summed E-state index contributed by atoms with van der Waals surface area (Å²) >= 11 is 0. The molecule has 5 heteroatoms. The number of aliphatic carboxylic acids is 1. The first kappa shape index (κ1) is 10.7. The Hall–Kier alpha value is -0.320. The predicted octanol–water partition coefficient (Wildman–Crippen LogP) is -0.130. The van der Waals surface area contributed by atoms with Gasteiger partial charge in [0.1, 0.15) is 6.04 Å². The zero-order valence-electron chi connectivity index (χ0n) is 6.24. The first-order valence-electron chi connectivity index (χ1n) is 3.26. The van der Waals surface area contributed by atoms with Gasteiger partial charge in [-0.3, -0.25) is 10.1 Å². The molecule has 1 saturated heterocycles. The van der Waals surface area contributed by atoms with Gasteiger partial charge in [0.15, 0.2) is 0 Å². The Bertz CT molecular complexity index is 142. The summed E-state index contributed by atoms with van der Waals surface area (Å²) in [5.41, 5.74) is 0. The van der Waals surface area contributed by atoms with Crippen molar-refractivity contribution in [3.63, 3.8) is 0 Å². The maximum atomic E-state index is 10.4. The fraction of sp³-hybridized carbons (Fsp3) is 0.833. The number of hydrogen-bond donors (Lipinski definition) is 2. The second-order valence-corrected chi connectivity index (χ2v) is 2.50. The molecule has 1 aliphatic heterocycles. The number of carboxylic acid groups (broad SMARTS) is 1. The van der Waals surface area contributed by atoms with Crippen molar-refractivity contribution in [3.05, 3.63) is 0 Å². The fourth-order valence-corrected chi connectivity index (χ4v) is 0.945. The van der Waals surface area contributed by atoms with E-state index in [0.29, 0.717) is 6.61 Å². The summed E-state index contributed by atoms with van der Waals surface area (Å²) in [6.07, 6.45) is 0. The molecular weight excluding hydrogens is 170 g/mol. The molecule has 2 N–H and O–H groups in total. The molecule has 66 valence electrons. The van der Waals surface area contributed by atoms with E-state index in [-0.39, 0.29) is 25.1 Å². The van der Waals surface area contributed by atoms with Crippen molar-refractivity contribution in [1.29, 1.82) is 0 Å². The molecule has 11 heavy (non-hydrogen) atoms. The molecule has 0 radical (unpaired) electrons. The number of carbonyl (C=O) groups is 1. The molecule has 2 atom stereocenters. The highest BCUT2D eigenvalue weighted by Crippen LogP contribution is 1.98. The lowest BCUT2D eigenvalue weighted by atomic mass is 10.2. The van der Waals surface area contributed by atoms with Gasteiger partial charge in [0, 0.05) is 6.04 Å². The van der Waals surface area contributed by atoms with Gasteiger partial charge in [-0.15, -0.1) is 12.4 Å². The molecular formula is C6H12ClNO3. The Morgan fingerprint density at radius 1 is 1.64 bits per heavy atom. The minimum Gasteiger partial charge on any atom is -0.480 e. The van der Waals surface area contributed by atoms with Crippen molar-refractivity contribution in [1.82, 2.24) is 5.32 Å². The highest BCUT2D eigenvalue weighted by molar-refractivity contribution is 5.85. The Morgan fingerprint density at radius 2 is 2.27 bits per heavy atom. The van der Waals surface area contributed by atoms with Crippen LogP contribution in [0.15, 0.2) is 0 Å². The molecule has 0 amide bonds. The van der Waals surface area contributed by atoms with Crippen molar-refractivity contribution >= 4 is 18.4 Å². The third kappa shape index (κ3) is 3.05. The van der Waals surface area contributed by atoms with Crippen LogP contribution in [0, 0.1) is 0 Å². The number of nitrogens with one attached hydrogen (secondary N) is 1. The van der Waals surface area contributed by atoms with Crippen LogP contribution in [0.1, 0.15) is 6.92 Å². The normalized spacial score (nSPS) is 30.6. The first-order chi connectivity index (χ1) is 4.70. The van der Waals surface area contributed by atoms with Crippen LogP contribution in [0.2, 0.25) is 0 Å². The van der Waals surface area contributed by atoms with E-state index in [4.69, 9.17) is 9.84 Å². The lowest BCUT2D eigenvalue weighted by Crippen LogP contribution is -2.51. The molecule has 0 bridgehead atoms. The Morgan fingerprint density at radius 3 is 2.64 bits per heavy atom. The standard InChI is InChI=1S/C6H11NO3.ClH/c1-4-2-10-3-5(7-4)6(8)9;/h4-5,7H,2-3H2,1H3,(H,8,9);1H/t4-,5-;/m0./s1. The van der Waals surface area contributed by atoms with E-state index in [0.717, 1.165) is 0 Å². The van der Waals surface area contributed by atoms with Gasteiger partial charge < -0.3 is 9.84 Å². The van der Waals surface area contributed by atoms with Crippen molar-refractivity contribution in [2.45, 2.75) is 19.0 Å². The van der Waals surface area contributed by atoms with Crippen LogP contribution in [-0.4, -0.2) is 36.4 Å². The molecule has 1 heterocycles. The van der Waals surface area contributed by atoms with Gasteiger partial charge in [-0.05, 0) is 6.92 Å². The number of morpholine rings is 1. The summed E-state index contributed by atoms with van der Waals surface area (Å²) in [6.45, 7) is 2.78. The number of carboxylic acids is 1. The third-order valence-corrected chi connectivity index (χ3v) is 1.44. The minimum absolute atomic E-state index is 0. The zero-order chi connectivity index (χ0) is 7.56. The van der Waals surface area contributed by atoms with Crippen LogP contribution in [0.5, 0.6) is 0 Å². The number of halogens is 1. The maximum Gasteiger partial charge on any atom is 0.323 e. The SMILES string of the molecule is C[C@H]1COC[C@@H](C(=O)O)N1.Cl. The summed E-state index contributed by atoms with van der Waals surface area (Å²) in [5, 5.41) is 11.4. The van der Waals surface area contributed by atoms with Crippen molar-refractivity contribution in [3.8, 4) is 0 Å². The lowest BCUT2D eigenvalue weighted by molar-refractivity contribution is -0.143. The van der Waals surface area contributed by atoms with Crippen molar-refractivity contribution in [2.75, 3.05) is 13.2 Å². The molecule has 1 rings (SSSR count). The number of rotatable bonds is 1. The van der Waals surface area contributed by atoms with Gasteiger partial charge >= 0.3 is 5.97 Å². The van der Waals surface area contributed by atoms with E-state index in [2.05, 4.69) is 5.32 Å². The lowest BCUT2D eigenvalue weighted by Gasteiger charge is -2.25. The average molecular weight is 182 g/mol. The molecule has 1 fully saturated rings. The topological polar surface area (TPSA) is 58.6 Å². The molecule has 0 aromatic heterocycles.